The molecule has 1 heterocycles. The van der Waals surface area contributed by atoms with Crippen molar-refractivity contribution in [1.82, 2.24) is 4.98 Å². The van der Waals surface area contributed by atoms with E-state index in [1.165, 1.54) is 43.1 Å². The average molecular weight is 283 g/mol. The summed E-state index contributed by atoms with van der Waals surface area (Å²) in [6.45, 7) is 2.28. The number of aromatic nitrogens is 1. The third-order valence-corrected chi connectivity index (χ3v) is 4.73. The van der Waals surface area contributed by atoms with Crippen molar-refractivity contribution < 1.29 is 4.74 Å². The predicted molar refractivity (Wildman–Crippen MR) is 89.0 cm³/mol. The maximum Gasteiger partial charge on any atom is 0.120 e. The van der Waals surface area contributed by atoms with Gasteiger partial charge in [0.25, 0.3) is 0 Å². The first-order valence-corrected chi connectivity index (χ1v) is 8.11. The second-order valence-corrected chi connectivity index (χ2v) is 6.23. The Labute approximate surface area is 127 Å². The highest BCUT2D eigenvalue weighted by Crippen LogP contribution is 2.30. The number of hydrogen-bond acceptors (Lipinski definition) is 1. The second-order valence-electron chi connectivity index (χ2n) is 6.23. The van der Waals surface area contributed by atoms with Gasteiger partial charge in [0.1, 0.15) is 5.75 Å². The normalized spacial score (nSPS) is 18.4. The molecule has 0 radical (unpaired) electrons. The minimum absolute atomic E-state index is 0.453. The number of rotatable bonds is 4. The van der Waals surface area contributed by atoms with Crippen molar-refractivity contribution in [1.29, 1.82) is 0 Å². The van der Waals surface area contributed by atoms with Gasteiger partial charge in [-0.05, 0) is 36.5 Å². The number of nitrogens with one attached hydrogen (secondary N) is 1. The van der Waals surface area contributed by atoms with Gasteiger partial charge in [0.05, 0.1) is 7.11 Å². The largest absolute Gasteiger partial charge is 0.497 e. The third-order valence-electron chi connectivity index (χ3n) is 4.73. The highest BCUT2D eigenvalue weighted by atomic mass is 16.5. The lowest BCUT2D eigenvalue weighted by Crippen LogP contribution is -2.03. The third kappa shape index (κ3) is 3.15. The molecule has 1 aliphatic rings. The Morgan fingerprint density at radius 2 is 2.05 bits per heavy atom. The number of aromatic amines is 1. The molecule has 2 heteroatoms. The zero-order valence-electron chi connectivity index (χ0n) is 13.1. The van der Waals surface area contributed by atoms with Gasteiger partial charge < -0.3 is 9.72 Å². The van der Waals surface area contributed by atoms with E-state index in [1.807, 2.05) is 6.07 Å². The van der Waals surface area contributed by atoms with Crippen molar-refractivity contribution in [2.45, 2.75) is 44.9 Å². The van der Waals surface area contributed by atoms with Gasteiger partial charge >= 0.3 is 0 Å². The van der Waals surface area contributed by atoms with Crippen LogP contribution >= 0.6 is 0 Å². The smallest absolute Gasteiger partial charge is 0.120 e. The molecule has 0 saturated heterocycles. The SMILES string of the molecule is COc1ccc2c(C(C)/C=C/C3CCCCC3)c[nH]c2c1. The fraction of sp³-hybridized carbons (Fsp3) is 0.474. The summed E-state index contributed by atoms with van der Waals surface area (Å²) in [5.41, 5.74) is 2.53. The van der Waals surface area contributed by atoms with Crippen molar-refractivity contribution in [3.8, 4) is 5.75 Å². The molecule has 1 unspecified atom stereocenters. The molecule has 1 N–H and O–H groups in total. The Hall–Kier alpha value is -1.70. The minimum Gasteiger partial charge on any atom is -0.497 e. The molecular formula is C19H25NO. The first-order valence-electron chi connectivity index (χ1n) is 8.11. The number of hydrogen-bond donors (Lipinski definition) is 1. The molecule has 2 aromatic rings. The van der Waals surface area contributed by atoms with Crippen LogP contribution in [0.2, 0.25) is 0 Å². The molecule has 0 bridgehead atoms. The van der Waals surface area contributed by atoms with Gasteiger partial charge in [-0.25, -0.2) is 0 Å². The second kappa shape index (κ2) is 6.38. The summed E-state index contributed by atoms with van der Waals surface area (Å²) >= 11 is 0. The fourth-order valence-corrected chi connectivity index (χ4v) is 3.39. The number of benzene rings is 1. The molecule has 1 fully saturated rings. The van der Waals surface area contributed by atoms with Crippen LogP contribution in [0.3, 0.4) is 0 Å². The van der Waals surface area contributed by atoms with Crippen molar-refractivity contribution in [3.63, 3.8) is 0 Å². The molecule has 21 heavy (non-hydrogen) atoms. The van der Waals surface area contributed by atoms with E-state index in [9.17, 15) is 0 Å². The van der Waals surface area contributed by atoms with Crippen LogP contribution in [-0.2, 0) is 0 Å². The Bertz CT molecular complexity index is 620. The fourth-order valence-electron chi connectivity index (χ4n) is 3.39. The molecule has 112 valence electrons. The zero-order chi connectivity index (χ0) is 14.7. The molecular weight excluding hydrogens is 258 g/mol. The standard InChI is InChI=1S/C19H25NO/c1-14(8-9-15-6-4-3-5-7-15)18-13-20-19-12-16(21-2)10-11-17(18)19/h8-15,20H,3-7H2,1-2H3/b9-8+. The summed E-state index contributed by atoms with van der Waals surface area (Å²) in [6, 6.07) is 6.26. The van der Waals surface area contributed by atoms with Gasteiger partial charge in [-0.15, -0.1) is 0 Å². The topological polar surface area (TPSA) is 25.0 Å². The van der Waals surface area contributed by atoms with Crippen molar-refractivity contribution >= 4 is 10.9 Å². The number of ether oxygens (including phenoxy) is 1. The predicted octanol–water partition coefficient (Wildman–Crippen LogP) is 5.42. The summed E-state index contributed by atoms with van der Waals surface area (Å²) < 4.78 is 5.28. The Morgan fingerprint density at radius 3 is 2.81 bits per heavy atom. The number of allylic oxidation sites excluding steroid dienone is 2. The lowest BCUT2D eigenvalue weighted by atomic mass is 9.88. The summed E-state index contributed by atoms with van der Waals surface area (Å²) in [5, 5.41) is 1.30. The summed E-state index contributed by atoms with van der Waals surface area (Å²) in [7, 11) is 1.71. The maximum absolute atomic E-state index is 5.28. The molecule has 2 nitrogen and oxygen atoms in total. The van der Waals surface area contributed by atoms with E-state index in [1.54, 1.807) is 7.11 Å². The van der Waals surface area contributed by atoms with Crippen LogP contribution in [0, 0.1) is 5.92 Å². The Morgan fingerprint density at radius 1 is 1.24 bits per heavy atom. The van der Waals surface area contributed by atoms with E-state index in [2.05, 4.69) is 42.4 Å². The first-order chi connectivity index (χ1) is 10.3. The van der Waals surface area contributed by atoms with E-state index in [0.29, 0.717) is 5.92 Å². The van der Waals surface area contributed by atoms with E-state index in [-0.39, 0.29) is 0 Å². The zero-order valence-corrected chi connectivity index (χ0v) is 13.1. The van der Waals surface area contributed by atoms with Crippen LogP contribution < -0.4 is 4.74 Å². The van der Waals surface area contributed by atoms with Crippen molar-refractivity contribution in [2.75, 3.05) is 7.11 Å². The number of methoxy groups -OCH3 is 1. The van der Waals surface area contributed by atoms with Gasteiger partial charge in [0, 0.05) is 29.1 Å². The molecule has 3 rings (SSSR count). The first kappa shape index (κ1) is 14.2. The molecule has 0 aliphatic heterocycles. The summed E-state index contributed by atoms with van der Waals surface area (Å²) in [6.07, 6.45) is 13.9. The van der Waals surface area contributed by atoms with Gasteiger partial charge in [0.2, 0.25) is 0 Å². The number of H-pyrrole nitrogens is 1. The monoisotopic (exact) mass is 283 g/mol. The molecule has 1 saturated carbocycles. The minimum atomic E-state index is 0.453. The highest BCUT2D eigenvalue weighted by molar-refractivity contribution is 5.85. The molecule has 0 amide bonds. The van der Waals surface area contributed by atoms with Crippen molar-refractivity contribution in [3.05, 3.63) is 42.1 Å². The van der Waals surface area contributed by atoms with Crippen LogP contribution in [-0.4, -0.2) is 12.1 Å². The van der Waals surface area contributed by atoms with Crippen LogP contribution in [0.25, 0.3) is 10.9 Å². The average Bonchev–Trinajstić information content (AvgIpc) is 2.96. The Kier molecular flexibility index (Phi) is 4.33. The summed E-state index contributed by atoms with van der Waals surface area (Å²) in [4.78, 5) is 3.37. The van der Waals surface area contributed by atoms with Gasteiger partial charge in [0.15, 0.2) is 0 Å². The van der Waals surface area contributed by atoms with Gasteiger partial charge in [-0.3, -0.25) is 0 Å². The van der Waals surface area contributed by atoms with Crippen molar-refractivity contribution in [2.24, 2.45) is 5.92 Å². The molecule has 1 atom stereocenters. The van der Waals surface area contributed by atoms with E-state index in [4.69, 9.17) is 4.74 Å². The van der Waals surface area contributed by atoms with Gasteiger partial charge in [-0.1, -0.05) is 38.3 Å². The van der Waals surface area contributed by atoms with Crippen LogP contribution in [0.15, 0.2) is 36.5 Å². The quantitative estimate of drug-likeness (QED) is 0.745. The van der Waals surface area contributed by atoms with E-state index < -0.39 is 0 Å². The van der Waals surface area contributed by atoms with E-state index >= 15 is 0 Å². The van der Waals surface area contributed by atoms with Crippen LogP contribution in [0.4, 0.5) is 0 Å². The maximum atomic E-state index is 5.28. The Balaban J connectivity index is 1.77. The molecule has 1 aliphatic carbocycles. The lowest BCUT2D eigenvalue weighted by molar-refractivity contribution is 0.415. The van der Waals surface area contributed by atoms with Gasteiger partial charge in [-0.2, -0.15) is 0 Å². The van der Waals surface area contributed by atoms with Crippen LogP contribution in [0.1, 0.15) is 50.5 Å². The molecule has 1 aromatic carbocycles. The molecule has 0 spiro atoms. The van der Waals surface area contributed by atoms with E-state index in [0.717, 1.165) is 17.2 Å². The lowest BCUT2D eigenvalue weighted by Gasteiger charge is -2.18. The molecule has 1 aromatic heterocycles. The summed E-state index contributed by atoms with van der Waals surface area (Å²) in [5.74, 6) is 2.15. The number of fused-ring (bicyclic) bond motifs is 1. The van der Waals surface area contributed by atoms with Crippen LogP contribution in [0.5, 0.6) is 5.75 Å². The highest BCUT2D eigenvalue weighted by Gasteiger charge is 2.12.